The minimum Gasteiger partial charge on any atom is -0.305 e. The molecule has 4 nitrogen and oxygen atoms in total. The average Bonchev–Trinajstić information content (AvgIpc) is 3.28. The summed E-state index contributed by atoms with van der Waals surface area (Å²) in [5, 5.41) is 12.4. The molecule has 4 rings (SSSR count). The zero-order chi connectivity index (χ0) is 18.8. The van der Waals surface area contributed by atoms with Gasteiger partial charge < -0.3 is 4.57 Å². The monoisotopic (exact) mass is 396 g/mol. The Labute approximate surface area is 165 Å². The summed E-state index contributed by atoms with van der Waals surface area (Å²) in [7, 11) is 1.92. The second-order valence-corrected chi connectivity index (χ2v) is 7.97. The molecule has 2 heterocycles. The van der Waals surface area contributed by atoms with Gasteiger partial charge in [-0.2, -0.15) is 0 Å². The molecule has 27 heavy (non-hydrogen) atoms. The third kappa shape index (κ3) is 3.94. The molecule has 2 aromatic heterocycles. The molecule has 7 heteroatoms. The van der Waals surface area contributed by atoms with Crippen LogP contribution in [-0.4, -0.2) is 19.7 Å². The van der Waals surface area contributed by atoms with Crippen LogP contribution in [0.15, 0.2) is 59.1 Å². The van der Waals surface area contributed by atoms with E-state index >= 15 is 0 Å². The first kappa shape index (κ1) is 17.9. The molecule has 0 unspecified atom stereocenters. The molecular weight excluding hydrogens is 379 g/mol. The van der Waals surface area contributed by atoms with Crippen LogP contribution in [0.4, 0.5) is 4.39 Å². The van der Waals surface area contributed by atoms with E-state index in [9.17, 15) is 4.39 Å². The second-order valence-electron chi connectivity index (χ2n) is 6.17. The van der Waals surface area contributed by atoms with Gasteiger partial charge in [-0.15, -0.1) is 21.5 Å². The summed E-state index contributed by atoms with van der Waals surface area (Å²) < 4.78 is 15.0. The summed E-state index contributed by atoms with van der Waals surface area (Å²) in [6.45, 7) is 2.08. The van der Waals surface area contributed by atoms with Crippen LogP contribution < -0.4 is 0 Å². The van der Waals surface area contributed by atoms with E-state index in [1.165, 1.54) is 17.7 Å². The van der Waals surface area contributed by atoms with Crippen molar-refractivity contribution in [2.45, 2.75) is 17.8 Å². The van der Waals surface area contributed by atoms with Gasteiger partial charge in [0.1, 0.15) is 10.8 Å². The number of rotatable bonds is 5. The lowest BCUT2D eigenvalue weighted by Crippen LogP contribution is -1.95. The number of thioether (sulfide) groups is 1. The van der Waals surface area contributed by atoms with Crippen molar-refractivity contribution in [2.75, 3.05) is 0 Å². The van der Waals surface area contributed by atoms with Crippen LogP contribution in [-0.2, 0) is 12.8 Å². The van der Waals surface area contributed by atoms with E-state index in [1.54, 1.807) is 35.2 Å². The van der Waals surface area contributed by atoms with E-state index in [0.717, 1.165) is 38.6 Å². The zero-order valence-electron chi connectivity index (χ0n) is 14.9. The number of benzene rings is 2. The van der Waals surface area contributed by atoms with Gasteiger partial charge in [0.2, 0.25) is 0 Å². The lowest BCUT2D eigenvalue weighted by molar-refractivity contribution is 0.628. The topological polar surface area (TPSA) is 43.6 Å². The third-order valence-electron chi connectivity index (χ3n) is 4.10. The van der Waals surface area contributed by atoms with Gasteiger partial charge in [0.05, 0.1) is 5.69 Å². The first-order chi connectivity index (χ1) is 13.1. The van der Waals surface area contributed by atoms with Crippen molar-refractivity contribution in [2.24, 2.45) is 7.05 Å². The van der Waals surface area contributed by atoms with E-state index in [1.807, 2.05) is 11.6 Å². The fourth-order valence-electron chi connectivity index (χ4n) is 2.71. The minimum atomic E-state index is -0.261. The van der Waals surface area contributed by atoms with Gasteiger partial charge in [-0.1, -0.05) is 35.5 Å². The SMILES string of the molecule is Cc1cccc(-c2nc(CSc3nnc(-c4ccc(F)cc4)n3C)cs2)c1. The van der Waals surface area contributed by atoms with Crippen molar-refractivity contribution in [3.63, 3.8) is 0 Å². The second kappa shape index (κ2) is 7.62. The van der Waals surface area contributed by atoms with Crippen molar-refractivity contribution in [3.8, 4) is 22.0 Å². The Hall–Kier alpha value is -2.51. The molecule has 0 radical (unpaired) electrons. The van der Waals surface area contributed by atoms with Gasteiger partial charge in [-0.05, 0) is 37.3 Å². The highest BCUT2D eigenvalue weighted by molar-refractivity contribution is 7.98. The van der Waals surface area contributed by atoms with Gasteiger partial charge in [0.15, 0.2) is 11.0 Å². The minimum absolute atomic E-state index is 0.261. The first-order valence-electron chi connectivity index (χ1n) is 8.40. The predicted octanol–water partition coefficient (Wildman–Crippen LogP) is 5.35. The smallest absolute Gasteiger partial charge is 0.191 e. The van der Waals surface area contributed by atoms with E-state index in [-0.39, 0.29) is 5.82 Å². The number of thiazole rings is 1. The average molecular weight is 397 g/mol. The van der Waals surface area contributed by atoms with Crippen LogP contribution in [0.2, 0.25) is 0 Å². The van der Waals surface area contributed by atoms with E-state index < -0.39 is 0 Å². The third-order valence-corrected chi connectivity index (χ3v) is 6.10. The molecule has 4 aromatic rings. The Kier molecular flexibility index (Phi) is 5.05. The summed E-state index contributed by atoms with van der Waals surface area (Å²) in [4.78, 5) is 4.74. The van der Waals surface area contributed by atoms with Crippen LogP contribution in [0.25, 0.3) is 22.0 Å². The molecule has 0 amide bonds. The molecule has 0 spiro atoms. The van der Waals surface area contributed by atoms with Gasteiger partial charge in [0.25, 0.3) is 0 Å². The number of hydrogen-bond donors (Lipinski definition) is 0. The highest BCUT2D eigenvalue weighted by Gasteiger charge is 2.13. The molecule has 0 aliphatic carbocycles. The molecule has 136 valence electrons. The van der Waals surface area contributed by atoms with Gasteiger partial charge in [-0.3, -0.25) is 0 Å². The molecule has 0 aliphatic rings. The van der Waals surface area contributed by atoms with Crippen molar-refractivity contribution < 1.29 is 4.39 Å². The van der Waals surface area contributed by atoms with E-state index in [4.69, 9.17) is 4.98 Å². The summed E-state index contributed by atoms with van der Waals surface area (Å²) in [6.07, 6.45) is 0. The van der Waals surface area contributed by atoms with Crippen LogP contribution in [0.3, 0.4) is 0 Å². The highest BCUT2D eigenvalue weighted by atomic mass is 32.2. The lowest BCUT2D eigenvalue weighted by atomic mass is 10.1. The molecular formula is C20H17FN4S2. The van der Waals surface area contributed by atoms with Crippen molar-refractivity contribution in [1.82, 2.24) is 19.7 Å². The molecule has 0 bridgehead atoms. The summed E-state index contributed by atoms with van der Waals surface area (Å²) in [5.41, 5.74) is 4.24. The van der Waals surface area contributed by atoms with Crippen molar-refractivity contribution in [1.29, 1.82) is 0 Å². The first-order valence-corrected chi connectivity index (χ1v) is 10.3. The van der Waals surface area contributed by atoms with Crippen LogP contribution in [0.1, 0.15) is 11.3 Å². The standard InChI is InChI=1S/C20H17FN4S2/c1-13-4-3-5-15(10-13)19-22-17(11-26-19)12-27-20-24-23-18(25(20)2)14-6-8-16(21)9-7-14/h3-11H,12H2,1-2H3. The Morgan fingerprint density at radius 3 is 2.67 bits per heavy atom. The highest BCUT2D eigenvalue weighted by Crippen LogP contribution is 2.29. The molecule has 0 saturated carbocycles. The summed E-state index contributed by atoms with van der Waals surface area (Å²) in [5.74, 6) is 1.18. The number of nitrogens with zero attached hydrogens (tertiary/aromatic N) is 4. The normalized spacial score (nSPS) is 11.1. The Morgan fingerprint density at radius 1 is 1.07 bits per heavy atom. The van der Waals surface area contributed by atoms with Crippen LogP contribution in [0, 0.1) is 12.7 Å². The van der Waals surface area contributed by atoms with Crippen molar-refractivity contribution in [3.05, 3.63) is 71.0 Å². The Balaban J connectivity index is 1.47. The molecule has 0 saturated heterocycles. The van der Waals surface area contributed by atoms with Gasteiger partial charge in [-0.25, -0.2) is 9.37 Å². The zero-order valence-corrected chi connectivity index (χ0v) is 16.5. The van der Waals surface area contributed by atoms with E-state index in [2.05, 4.69) is 46.8 Å². The molecule has 0 aliphatic heterocycles. The summed E-state index contributed by atoms with van der Waals surface area (Å²) >= 11 is 3.24. The quantitative estimate of drug-likeness (QED) is 0.427. The van der Waals surface area contributed by atoms with Crippen molar-refractivity contribution >= 4 is 23.1 Å². The Bertz CT molecular complexity index is 1070. The number of aromatic nitrogens is 4. The number of halogens is 1. The fraction of sp³-hybridized carbons (Fsp3) is 0.150. The van der Waals surface area contributed by atoms with Crippen LogP contribution >= 0.6 is 23.1 Å². The predicted molar refractivity (Wildman–Crippen MR) is 108 cm³/mol. The number of aryl methyl sites for hydroxylation is 1. The van der Waals surface area contributed by atoms with Gasteiger partial charge >= 0.3 is 0 Å². The van der Waals surface area contributed by atoms with Gasteiger partial charge in [0, 0.05) is 29.3 Å². The molecule has 0 atom stereocenters. The number of hydrogen-bond acceptors (Lipinski definition) is 5. The maximum absolute atomic E-state index is 13.1. The van der Waals surface area contributed by atoms with E-state index in [0.29, 0.717) is 0 Å². The van der Waals surface area contributed by atoms with Crippen LogP contribution in [0.5, 0.6) is 0 Å². The fourth-order valence-corrected chi connectivity index (χ4v) is 4.44. The summed E-state index contributed by atoms with van der Waals surface area (Å²) in [6, 6.07) is 14.6. The largest absolute Gasteiger partial charge is 0.305 e. The Morgan fingerprint density at radius 2 is 1.89 bits per heavy atom. The molecule has 0 fully saturated rings. The maximum Gasteiger partial charge on any atom is 0.191 e. The molecule has 0 N–H and O–H groups in total. The molecule has 2 aromatic carbocycles. The lowest BCUT2D eigenvalue weighted by Gasteiger charge is -2.03. The maximum atomic E-state index is 13.1.